The number of hydrogen-bond acceptors (Lipinski definition) is 2. The van der Waals surface area contributed by atoms with Crippen molar-refractivity contribution in [2.24, 2.45) is 0 Å². The largest absolute Gasteiger partial charge is 0.456 e. The topological polar surface area (TPSA) is 13.1 Å². The fourth-order valence-electron chi connectivity index (χ4n) is 5.57. The molecule has 38 heavy (non-hydrogen) atoms. The Balaban J connectivity index is 1.19. The molecule has 0 atom stereocenters. The zero-order valence-corrected chi connectivity index (χ0v) is 21.3. The maximum absolute atomic E-state index is 6.42. The Morgan fingerprint density at radius 3 is 2.03 bits per heavy atom. The average Bonchev–Trinajstić information content (AvgIpc) is 3.57. The molecule has 0 radical (unpaired) electrons. The van der Waals surface area contributed by atoms with Crippen LogP contribution in [0.3, 0.4) is 0 Å². The van der Waals surface area contributed by atoms with Crippen LogP contribution in [0, 0.1) is 0 Å². The summed E-state index contributed by atoms with van der Waals surface area (Å²) in [6.07, 6.45) is 0. The summed E-state index contributed by atoms with van der Waals surface area (Å²) >= 11 is 1.86. The number of hydrogen-bond donors (Lipinski definition) is 0. The lowest BCUT2D eigenvalue weighted by Gasteiger charge is -2.07. The Kier molecular flexibility index (Phi) is 4.76. The van der Waals surface area contributed by atoms with Crippen LogP contribution in [-0.4, -0.2) is 0 Å². The lowest BCUT2D eigenvalue weighted by atomic mass is 9.98. The first kappa shape index (κ1) is 21.4. The molecule has 0 aliphatic rings. The third-order valence-corrected chi connectivity index (χ3v) is 8.62. The van der Waals surface area contributed by atoms with Gasteiger partial charge in [0, 0.05) is 31.1 Å². The summed E-state index contributed by atoms with van der Waals surface area (Å²) in [5.74, 6) is 0.902. The third kappa shape index (κ3) is 3.46. The van der Waals surface area contributed by atoms with Crippen LogP contribution in [0.4, 0.5) is 0 Å². The summed E-state index contributed by atoms with van der Waals surface area (Å²) in [5.41, 5.74) is 6.83. The van der Waals surface area contributed by atoms with E-state index in [4.69, 9.17) is 4.42 Å². The molecule has 0 spiro atoms. The van der Waals surface area contributed by atoms with E-state index < -0.39 is 0 Å². The van der Waals surface area contributed by atoms with Crippen molar-refractivity contribution < 1.29 is 4.42 Å². The quantitative estimate of drug-likeness (QED) is 0.234. The Morgan fingerprint density at radius 1 is 0.421 bits per heavy atom. The number of fused-ring (bicyclic) bond motifs is 5. The predicted molar refractivity (Wildman–Crippen MR) is 163 cm³/mol. The van der Waals surface area contributed by atoms with Gasteiger partial charge in [0.05, 0.1) is 0 Å². The Hall–Kier alpha value is -4.66. The van der Waals surface area contributed by atoms with Gasteiger partial charge in [-0.1, -0.05) is 103 Å². The minimum absolute atomic E-state index is 0.902. The lowest BCUT2D eigenvalue weighted by molar-refractivity contribution is 0.632. The first-order chi connectivity index (χ1) is 18.8. The van der Waals surface area contributed by atoms with Crippen molar-refractivity contribution in [1.82, 2.24) is 0 Å². The molecule has 0 aliphatic carbocycles. The van der Waals surface area contributed by atoms with Gasteiger partial charge in [-0.3, -0.25) is 0 Å². The molecule has 0 N–H and O–H groups in total. The number of rotatable bonds is 3. The van der Waals surface area contributed by atoms with Gasteiger partial charge in [0.25, 0.3) is 0 Å². The molecule has 0 fully saturated rings. The van der Waals surface area contributed by atoms with Gasteiger partial charge in [-0.2, -0.15) is 0 Å². The molecule has 0 aliphatic heterocycles. The van der Waals surface area contributed by atoms with Gasteiger partial charge >= 0.3 is 0 Å². The summed E-state index contributed by atoms with van der Waals surface area (Å²) in [5, 5.41) is 6.20. The fraction of sp³-hybridized carbons (Fsp3) is 0. The van der Waals surface area contributed by atoms with E-state index >= 15 is 0 Å². The maximum Gasteiger partial charge on any atom is 0.136 e. The first-order valence-corrected chi connectivity index (χ1v) is 13.7. The molecule has 0 unspecified atom stereocenters. The zero-order valence-electron chi connectivity index (χ0n) is 20.5. The third-order valence-electron chi connectivity index (χ3n) is 7.48. The van der Waals surface area contributed by atoms with Gasteiger partial charge in [-0.05, 0) is 63.4 Å². The van der Waals surface area contributed by atoms with Crippen molar-refractivity contribution in [3.8, 4) is 33.6 Å². The van der Waals surface area contributed by atoms with E-state index in [9.17, 15) is 0 Å². The van der Waals surface area contributed by atoms with Gasteiger partial charge in [-0.25, -0.2) is 0 Å². The van der Waals surface area contributed by atoms with Crippen LogP contribution in [0.2, 0.25) is 0 Å². The molecule has 0 bridgehead atoms. The Labute approximate surface area is 224 Å². The molecular weight excluding hydrogens is 480 g/mol. The van der Waals surface area contributed by atoms with Gasteiger partial charge in [-0.15, -0.1) is 11.3 Å². The van der Waals surface area contributed by atoms with Crippen LogP contribution in [0.25, 0.3) is 75.5 Å². The Bertz CT molecular complexity index is 2140. The normalized spacial score (nSPS) is 11.7. The summed E-state index contributed by atoms with van der Waals surface area (Å²) in [4.78, 5) is 0. The molecule has 2 heterocycles. The molecule has 0 saturated heterocycles. The van der Waals surface area contributed by atoms with Crippen molar-refractivity contribution in [3.63, 3.8) is 0 Å². The summed E-state index contributed by atoms with van der Waals surface area (Å²) < 4.78 is 9.08. The highest BCUT2D eigenvalue weighted by Gasteiger charge is 2.12. The lowest BCUT2D eigenvalue weighted by Crippen LogP contribution is -1.81. The highest BCUT2D eigenvalue weighted by atomic mass is 32.1. The van der Waals surface area contributed by atoms with Gasteiger partial charge < -0.3 is 4.42 Å². The van der Waals surface area contributed by atoms with Crippen LogP contribution < -0.4 is 0 Å². The molecule has 8 rings (SSSR count). The van der Waals surface area contributed by atoms with E-state index in [0.717, 1.165) is 27.9 Å². The molecule has 0 saturated carbocycles. The smallest absolute Gasteiger partial charge is 0.136 e. The van der Waals surface area contributed by atoms with Crippen LogP contribution in [-0.2, 0) is 0 Å². The van der Waals surface area contributed by atoms with Crippen LogP contribution in [0.5, 0.6) is 0 Å². The highest BCUT2D eigenvalue weighted by molar-refractivity contribution is 7.25. The fourth-order valence-corrected chi connectivity index (χ4v) is 6.71. The minimum atomic E-state index is 0.902. The summed E-state index contributed by atoms with van der Waals surface area (Å²) in [6.45, 7) is 0. The predicted octanol–water partition coefficient (Wildman–Crippen LogP) is 11.0. The molecule has 6 aromatic carbocycles. The number of furan rings is 1. The monoisotopic (exact) mass is 502 g/mol. The van der Waals surface area contributed by atoms with Crippen LogP contribution >= 0.6 is 11.3 Å². The zero-order chi connectivity index (χ0) is 25.1. The van der Waals surface area contributed by atoms with Crippen molar-refractivity contribution in [2.45, 2.75) is 0 Å². The summed E-state index contributed by atoms with van der Waals surface area (Å²) in [7, 11) is 0. The second-order valence-electron chi connectivity index (χ2n) is 9.78. The molecule has 8 aromatic rings. The second kappa shape index (κ2) is 8.44. The van der Waals surface area contributed by atoms with E-state index in [1.807, 2.05) is 11.3 Å². The SMILES string of the molecule is c1cc(-c2ccc3cc(-c4cccc5ccccc45)oc3c2)cc(-c2ccc3c(c2)sc2ccccc23)c1. The van der Waals surface area contributed by atoms with E-state index in [1.165, 1.54) is 47.6 Å². The van der Waals surface area contributed by atoms with Crippen molar-refractivity contribution in [3.05, 3.63) is 133 Å². The van der Waals surface area contributed by atoms with Crippen molar-refractivity contribution in [1.29, 1.82) is 0 Å². The van der Waals surface area contributed by atoms with Crippen molar-refractivity contribution in [2.75, 3.05) is 0 Å². The van der Waals surface area contributed by atoms with Crippen molar-refractivity contribution >= 4 is 53.3 Å². The van der Waals surface area contributed by atoms with E-state index in [2.05, 4.69) is 133 Å². The van der Waals surface area contributed by atoms with E-state index in [-0.39, 0.29) is 0 Å². The molecule has 2 aromatic heterocycles. The first-order valence-electron chi connectivity index (χ1n) is 12.8. The standard InChI is InChI=1S/C36H22OS/c1-2-11-29-23(7-1)8-6-13-30(29)34-21-28-16-15-26(20-33(28)37-34)24-9-5-10-25(19-24)27-17-18-32-31-12-3-4-14-35(31)38-36(32)22-27/h1-22H. The number of thiophene rings is 1. The molecular formula is C36H22OS. The Morgan fingerprint density at radius 2 is 1.11 bits per heavy atom. The van der Waals surface area contributed by atoms with Gasteiger partial charge in [0.15, 0.2) is 0 Å². The molecule has 0 amide bonds. The van der Waals surface area contributed by atoms with Gasteiger partial charge in [0.2, 0.25) is 0 Å². The van der Waals surface area contributed by atoms with E-state index in [1.54, 1.807) is 0 Å². The number of benzene rings is 6. The molecule has 2 heteroatoms. The molecule has 1 nitrogen and oxygen atoms in total. The van der Waals surface area contributed by atoms with Gasteiger partial charge in [0.1, 0.15) is 11.3 Å². The highest BCUT2D eigenvalue weighted by Crippen LogP contribution is 2.38. The van der Waals surface area contributed by atoms with Crippen LogP contribution in [0.15, 0.2) is 138 Å². The van der Waals surface area contributed by atoms with Crippen LogP contribution in [0.1, 0.15) is 0 Å². The second-order valence-corrected chi connectivity index (χ2v) is 10.9. The minimum Gasteiger partial charge on any atom is -0.456 e. The summed E-state index contributed by atoms with van der Waals surface area (Å²) in [6, 6.07) is 47.8. The maximum atomic E-state index is 6.42. The van der Waals surface area contributed by atoms with E-state index in [0.29, 0.717) is 0 Å². The average molecular weight is 503 g/mol. The molecule has 178 valence electrons.